The Morgan fingerprint density at radius 3 is 2.85 bits per heavy atom. The quantitative estimate of drug-likeness (QED) is 0.912. The molecule has 0 radical (unpaired) electrons. The number of rotatable bonds is 2. The first-order chi connectivity index (χ1) is 9.70. The lowest BCUT2D eigenvalue weighted by Gasteiger charge is -2.34. The van der Waals surface area contributed by atoms with Crippen molar-refractivity contribution in [3.05, 3.63) is 34.9 Å². The van der Waals surface area contributed by atoms with Gasteiger partial charge in [-0.3, -0.25) is 4.90 Å². The fourth-order valence-electron chi connectivity index (χ4n) is 3.08. The van der Waals surface area contributed by atoms with Gasteiger partial charge in [0.15, 0.2) is 0 Å². The molecule has 1 amide bonds. The molecule has 2 heterocycles. The van der Waals surface area contributed by atoms with Crippen molar-refractivity contribution in [3.63, 3.8) is 0 Å². The smallest absolute Gasteiger partial charge is 0.410 e. The highest BCUT2D eigenvalue weighted by molar-refractivity contribution is 6.30. The van der Waals surface area contributed by atoms with E-state index >= 15 is 0 Å². The highest BCUT2D eigenvalue weighted by Crippen LogP contribution is 2.34. The lowest BCUT2D eigenvalue weighted by molar-refractivity contribution is 0.137. The van der Waals surface area contributed by atoms with E-state index in [4.69, 9.17) is 16.3 Å². The van der Waals surface area contributed by atoms with Gasteiger partial charge >= 0.3 is 6.09 Å². The van der Waals surface area contributed by atoms with E-state index in [2.05, 4.69) is 5.32 Å². The maximum absolute atomic E-state index is 12.1. The predicted molar refractivity (Wildman–Crippen MR) is 77.8 cm³/mol. The summed E-state index contributed by atoms with van der Waals surface area (Å²) >= 11 is 5.91. The minimum atomic E-state index is -0.193. The Balaban J connectivity index is 1.81. The highest BCUT2D eigenvalue weighted by atomic mass is 35.5. The monoisotopic (exact) mass is 294 g/mol. The number of nitrogens with one attached hydrogen (secondary N) is 1. The molecule has 0 saturated carbocycles. The van der Waals surface area contributed by atoms with Gasteiger partial charge in [0, 0.05) is 11.6 Å². The summed E-state index contributed by atoms with van der Waals surface area (Å²) < 4.78 is 5.34. The van der Waals surface area contributed by atoms with Crippen molar-refractivity contribution >= 4 is 17.7 Å². The van der Waals surface area contributed by atoms with Crippen LogP contribution < -0.4 is 5.32 Å². The van der Waals surface area contributed by atoms with Crippen LogP contribution in [0.5, 0.6) is 0 Å². The van der Waals surface area contributed by atoms with Gasteiger partial charge in [0.2, 0.25) is 0 Å². The zero-order chi connectivity index (χ0) is 14.0. The Hall–Kier alpha value is -1.26. The molecule has 2 saturated heterocycles. The third-order valence-corrected chi connectivity index (χ3v) is 4.53. The molecule has 20 heavy (non-hydrogen) atoms. The number of carbonyl (C=O) groups is 1. The Bertz CT molecular complexity index is 481. The first kappa shape index (κ1) is 13.7. The largest absolute Gasteiger partial charge is 0.447 e. The number of amides is 1. The van der Waals surface area contributed by atoms with Crippen LogP contribution in [-0.4, -0.2) is 36.2 Å². The van der Waals surface area contributed by atoms with Crippen LogP contribution in [0.3, 0.4) is 0 Å². The fraction of sp³-hybridized carbons (Fsp3) is 0.533. The lowest BCUT2D eigenvalue weighted by atomic mass is 9.90. The number of ether oxygens (including phenoxy) is 1. The number of halogens is 1. The average molecular weight is 295 g/mol. The first-order valence-electron chi connectivity index (χ1n) is 7.09. The molecule has 2 aliphatic rings. The minimum absolute atomic E-state index is 0.139. The van der Waals surface area contributed by atoms with Crippen molar-refractivity contribution in [1.82, 2.24) is 10.2 Å². The van der Waals surface area contributed by atoms with E-state index in [0.29, 0.717) is 18.2 Å². The maximum Gasteiger partial charge on any atom is 0.410 e. The zero-order valence-corrected chi connectivity index (χ0v) is 12.2. The maximum atomic E-state index is 12.1. The van der Waals surface area contributed by atoms with Gasteiger partial charge in [-0.05, 0) is 50.0 Å². The summed E-state index contributed by atoms with van der Waals surface area (Å²) in [5.41, 5.74) is 0.949. The van der Waals surface area contributed by atoms with Gasteiger partial charge in [0.25, 0.3) is 0 Å². The molecule has 2 fully saturated rings. The molecular formula is C15H19ClN2O2. The number of carbonyl (C=O) groups excluding carboxylic acids is 1. The van der Waals surface area contributed by atoms with Crippen LogP contribution in [0, 0.1) is 0 Å². The second-order valence-corrected chi connectivity index (χ2v) is 6.03. The molecule has 3 rings (SSSR count). The van der Waals surface area contributed by atoms with E-state index in [1.165, 1.54) is 0 Å². The van der Waals surface area contributed by atoms with Crippen molar-refractivity contribution in [1.29, 1.82) is 0 Å². The van der Waals surface area contributed by atoms with E-state index < -0.39 is 0 Å². The Labute approximate surface area is 124 Å². The summed E-state index contributed by atoms with van der Waals surface area (Å²) in [7, 11) is 0. The third kappa shape index (κ3) is 2.63. The Morgan fingerprint density at radius 1 is 1.25 bits per heavy atom. The first-order valence-corrected chi connectivity index (χ1v) is 7.47. The van der Waals surface area contributed by atoms with Gasteiger partial charge < -0.3 is 10.1 Å². The van der Waals surface area contributed by atoms with Crippen molar-refractivity contribution in [2.75, 3.05) is 19.7 Å². The van der Waals surface area contributed by atoms with Crippen LogP contribution in [0.1, 0.15) is 24.8 Å². The Kier molecular flexibility index (Phi) is 3.85. The normalized spacial score (nSPS) is 26.6. The standard InChI is InChI=1S/C15H19ClN2O2/c16-13-4-2-12(3-5-13)10-18-14(19)20-11-15(18)6-1-8-17-9-7-15/h2-5,17H,1,6-11H2. The molecule has 1 unspecified atom stereocenters. The van der Waals surface area contributed by atoms with Gasteiger partial charge in [-0.15, -0.1) is 0 Å². The van der Waals surface area contributed by atoms with Crippen molar-refractivity contribution in [2.45, 2.75) is 31.3 Å². The summed E-state index contributed by atoms with van der Waals surface area (Å²) in [6.45, 7) is 3.07. The van der Waals surface area contributed by atoms with Crippen LogP contribution in [0.2, 0.25) is 5.02 Å². The van der Waals surface area contributed by atoms with Crippen molar-refractivity contribution < 1.29 is 9.53 Å². The lowest BCUT2D eigenvalue weighted by Crippen LogP contribution is -2.47. The molecule has 0 bridgehead atoms. The molecular weight excluding hydrogens is 276 g/mol. The average Bonchev–Trinajstić information content (AvgIpc) is 2.65. The molecule has 1 aromatic carbocycles. The van der Waals surface area contributed by atoms with Crippen molar-refractivity contribution in [3.8, 4) is 0 Å². The number of hydrogen-bond acceptors (Lipinski definition) is 3. The Morgan fingerprint density at radius 2 is 2.05 bits per heavy atom. The van der Waals surface area contributed by atoms with Gasteiger partial charge in [-0.2, -0.15) is 0 Å². The molecule has 5 heteroatoms. The number of cyclic esters (lactones) is 1. The summed E-state index contributed by atoms with van der Waals surface area (Å²) in [6, 6.07) is 7.66. The van der Waals surface area contributed by atoms with E-state index in [0.717, 1.165) is 37.9 Å². The van der Waals surface area contributed by atoms with Crippen LogP contribution in [0.15, 0.2) is 24.3 Å². The summed E-state index contributed by atoms with van der Waals surface area (Å²) in [6.07, 6.45) is 2.83. The third-order valence-electron chi connectivity index (χ3n) is 4.27. The van der Waals surface area contributed by atoms with Crippen LogP contribution in [0.25, 0.3) is 0 Å². The summed E-state index contributed by atoms with van der Waals surface area (Å²) in [4.78, 5) is 14.0. The van der Waals surface area contributed by atoms with Gasteiger partial charge in [-0.1, -0.05) is 23.7 Å². The predicted octanol–water partition coefficient (Wildman–Crippen LogP) is 2.80. The van der Waals surface area contributed by atoms with Crippen LogP contribution >= 0.6 is 11.6 Å². The molecule has 0 aromatic heterocycles. The minimum Gasteiger partial charge on any atom is -0.447 e. The topological polar surface area (TPSA) is 41.6 Å². The van der Waals surface area contributed by atoms with E-state index in [1.807, 2.05) is 29.2 Å². The van der Waals surface area contributed by atoms with E-state index in [1.54, 1.807) is 0 Å². The summed E-state index contributed by atoms with van der Waals surface area (Å²) in [5, 5.41) is 4.11. The van der Waals surface area contributed by atoms with Gasteiger partial charge in [-0.25, -0.2) is 4.79 Å². The highest BCUT2D eigenvalue weighted by Gasteiger charge is 2.46. The summed E-state index contributed by atoms with van der Waals surface area (Å²) in [5.74, 6) is 0. The SMILES string of the molecule is O=C1OCC2(CCCNCC2)N1Cc1ccc(Cl)cc1. The molecule has 1 spiro atoms. The molecule has 1 N–H and O–H groups in total. The molecule has 1 atom stereocenters. The van der Waals surface area contributed by atoms with Crippen LogP contribution in [-0.2, 0) is 11.3 Å². The van der Waals surface area contributed by atoms with Gasteiger partial charge in [0.1, 0.15) is 6.61 Å². The molecule has 108 valence electrons. The molecule has 4 nitrogen and oxygen atoms in total. The molecule has 2 aliphatic heterocycles. The molecule has 1 aromatic rings. The number of hydrogen-bond donors (Lipinski definition) is 1. The van der Waals surface area contributed by atoms with E-state index in [9.17, 15) is 4.79 Å². The second kappa shape index (κ2) is 5.62. The van der Waals surface area contributed by atoms with Gasteiger partial charge in [0.05, 0.1) is 5.54 Å². The van der Waals surface area contributed by atoms with Crippen LogP contribution in [0.4, 0.5) is 4.79 Å². The zero-order valence-electron chi connectivity index (χ0n) is 11.4. The fourth-order valence-corrected chi connectivity index (χ4v) is 3.20. The van der Waals surface area contributed by atoms with Crippen molar-refractivity contribution in [2.24, 2.45) is 0 Å². The number of nitrogens with zero attached hydrogens (tertiary/aromatic N) is 1. The number of benzene rings is 1. The molecule has 0 aliphatic carbocycles. The van der Waals surface area contributed by atoms with E-state index in [-0.39, 0.29) is 11.6 Å². The second-order valence-electron chi connectivity index (χ2n) is 5.60.